The van der Waals surface area contributed by atoms with Gasteiger partial charge in [-0.2, -0.15) is 0 Å². The van der Waals surface area contributed by atoms with Crippen molar-refractivity contribution in [2.45, 2.75) is 12.5 Å². The third kappa shape index (κ3) is 3.33. The number of carbonyl (C=O) groups excluding carboxylic acids is 1. The van der Waals surface area contributed by atoms with Crippen molar-refractivity contribution in [3.8, 4) is 0 Å². The van der Waals surface area contributed by atoms with Crippen molar-refractivity contribution in [3.63, 3.8) is 0 Å². The molecule has 0 radical (unpaired) electrons. The van der Waals surface area contributed by atoms with Crippen LogP contribution in [-0.4, -0.2) is 30.2 Å². The summed E-state index contributed by atoms with van der Waals surface area (Å²) in [5.74, 6) is -1.62. The molecule has 1 fully saturated rings. The highest BCUT2D eigenvalue weighted by Crippen LogP contribution is 2.24. The van der Waals surface area contributed by atoms with Crippen LogP contribution in [0.5, 0.6) is 0 Å². The van der Waals surface area contributed by atoms with E-state index >= 15 is 0 Å². The number of hydrogen-bond acceptors (Lipinski definition) is 3. The van der Waals surface area contributed by atoms with E-state index in [2.05, 4.69) is 21.2 Å². The monoisotopic (exact) mass is 327 g/mol. The van der Waals surface area contributed by atoms with Gasteiger partial charge in [0.1, 0.15) is 0 Å². The first-order chi connectivity index (χ1) is 9.09. The van der Waals surface area contributed by atoms with Crippen LogP contribution in [0.15, 0.2) is 28.7 Å². The number of amides is 1. The number of benzene rings is 1. The molecule has 2 unspecified atom stereocenters. The highest BCUT2D eigenvalue weighted by molar-refractivity contribution is 9.10. The fourth-order valence-electron chi connectivity index (χ4n) is 1.98. The number of rotatable bonds is 4. The molecule has 1 heterocycles. The van der Waals surface area contributed by atoms with Crippen molar-refractivity contribution in [2.75, 3.05) is 13.2 Å². The minimum Gasteiger partial charge on any atom is -0.479 e. The standard InChI is InChI=1S/C13H14BrNO4/c14-10-4-2-1-3-9(10)11(13(17)18)15-12(16)8-5-6-19-7-8/h1-4,8,11H,5-7H2,(H,15,16)(H,17,18). The summed E-state index contributed by atoms with van der Waals surface area (Å²) >= 11 is 3.30. The molecular weight excluding hydrogens is 314 g/mol. The summed E-state index contributed by atoms with van der Waals surface area (Å²) in [6.45, 7) is 0.902. The van der Waals surface area contributed by atoms with Crippen molar-refractivity contribution in [2.24, 2.45) is 5.92 Å². The lowest BCUT2D eigenvalue weighted by atomic mass is 10.0. The van der Waals surface area contributed by atoms with Gasteiger partial charge in [0, 0.05) is 11.1 Å². The molecule has 1 aromatic carbocycles. The number of carbonyl (C=O) groups is 2. The van der Waals surface area contributed by atoms with E-state index in [0.717, 1.165) is 0 Å². The Balaban J connectivity index is 2.15. The van der Waals surface area contributed by atoms with Gasteiger partial charge in [-0.15, -0.1) is 0 Å². The van der Waals surface area contributed by atoms with Gasteiger partial charge in [0.2, 0.25) is 5.91 Å². The summed E-state index contributed by atoms with van der Waals surface area (Å²) in [7, 11) is 0. The predicted octanol–water partition coefficient (Wildman–Crippen LogP) is 1.73. The fourth-order valence-corrected chi connectivity index (χ4v) is 2.50. The van der Waals surface area contributed by atoms with E-state index in [1.807, 2.05) is 0 Å². The van der Waals surface area contributed by atoms with Crippen molar-refractivity contribution >= 4 is 27.8 Å². The van der Waals surface area contributed by atoms with Gasteiger partial charge in [-0.05, 0) is 18.1 Å². The Morgan fingerprint density at radius 2 is 2.16 bits per heavy atom. The summed E-state index contributed by atoms with van der Waals surface area (Å²) in [6, 6.07) is 5.90. The molecule has 0 aromatic heterocycles. The van der Waals surface area contributed by atoms with Crippen LogP contribution >= 0.6 is 15.9 Å². The molecule has 0 spiro atoms. The highest BCUT2D eigenvalue weighted by atomic mass is 79.9. The average molecular weight is 328 g/mol. The molecule has 102 valence electrons. The summed E-state index contributed by atoms with van der Waals surface area (Å²) in [4.78, 5) is 23.3. The van der Waals surface area contributed by atoms with Crippen LogP contribution in [0.2, 0.25) is 0 Å². The number of hydrogen-bond donors (Lipinski definition) is 2. The van der Waals surface area contributed by atoms with Gasteiger partial charge in [-0.25, -0.2) is 4.79 Å². The number of halogens is 1. The Bertz CT molecular complexity index is 485. The molecule has 19 heavy (non-hydrogen) atoms. The van der Waals surface area contributed by atoms with Crippen LogP contribution in [0, 0.1) is 5.92 Å². The molecule has 1 aliphatic rings. The van der Waals surface area contributed by atoms with E-state index in [9.17, 15) is 14.7 Å². The molecule has 0 bridgehead atoms. The Hall–Kier alpha value is -1.40. The normalized spacial score (nSPS) is 19.9. The highest BCUT2D eigenvalue weighted by Gasteiger charge is 2.29. The van der Waals surface area contributed by atoms with Crippen molar-refractivity contribution < 1.29 is 19.4 Å². The minimum atomic E-state index is -1.08. The van der Waals surface area contributed by atoms with Crippen molar-refractivity contribution in [1.82, 2.24) is 5.32 Å². The Morgan fingerprint density at radius 3 is 2.74 bits per heavy atom. The van der Waals surface area contributed by atoms with Gasteiger partial charge in [0.05, 0.1) is 12.5 Å². The second kappa shape index (κ2) is 6.16. The molecule has 2 rings (SSSR count). The maximum atomic E-state index is 12.0. The average Bonchev–Trinajstić information content (AvgIpc) is 2.90. The van der Waals surface area contributed by atoms with Crippen LogP contribution < -0.4 is 5.32 Å². The maximum absolute atomic E-state index is 12.0. The van der Waals surface area contributed by atoms with E-state index in [-0.39, 0.29) is 11.8 Å². The number of aliphatic carboxylic acids is 1. The van der Waals surface area contributed by atoms with Gasteiger partial charge in [0.15, 0.2) is 6.04 Å². The van der Waals surface area contributed by atoms with Crippen LogP contribution in [-0.2, 0) is 14.3 Å². The third-order valence-corrected chi connectivity index (χ3v) is 3.77. The molecule has 1 aromatic rings. The van der Waals surface area contributed by atoms with Crippen LogP contribution in [0.25, 0.3) is 0 Å². The van der Waals surface area contributed by atoms with Crippen LogP contribution in [0.3, 0.4) is 0 Å². The second-order valence-electron chi connectivity index (χ2n) is 4.36. The molecule has 2 atom stereocenters. The summed E-state index contributed by atoms with van der Waals surface area (Å²) in [6.07, 6.45) is 0.633. The smallest absolute Gasteiger partial charge is 0.330 e. The van der Waals surface area contributed by atoms with Gasteiger partial charge in [-0.1, -0.05) is 34.1 Å². The van der Waals surface area contributed by atoms with Gasteiger partial charge in [-0.3, -0.25) is 4.79 Å². The van der Waals surface area contributed by atoms with Gasteiger partial charge < -0.3 is 15.2 Å². The fraction of sp³-hybridized carbons (Fsp3) is 0.385. The zero-order valence-corrected chi connectivity index (χ0v) is 11.7. The molecule has 2 N–H and O–H groups in total. The summed E-state index contributed by atoms with van der Waals surface area (Å²) < 4.78 is 5.79. The molecule has 0 saturated carbocycles. The first-order valence-electron chi connectivity index (χ1n) is 5.95. The number of carboxylic acid groups (broad SMARTS) is 1. The van der Waals surface area contributed by atoms with E-state index in [1.165, 1.54) is 0 Å². The zero-order valence-electron chi connectivity index (χ0n) is 10.1. The lowest BCUT2D eigenvalue weighted by molar-refractivity contribution is -0.142. The summed E-state index contributed by atoms with van der Waals surface area (Å²) in [5.41, 5.74) is 0.530. The molecular formula is C13H14BrNO4. The van der Waals surface area contributed by atoms with Crippen LogP contribution in [0.1, 0.15) is 18.0 Å². The van der Waals surface area contributed by atoms with Crippen molar-refractivity contribution in [1.29, 1.82) is 0 Å². The SMILES string of the molecule is O=C(NC(C(=O)O)c1ccccc1Br)C1CCOC1. The van der Waals surface area contributed by atoms with E-state index in [4.69, 9.17) is 4.74 Å². The first-order valence-corrected chi connectivity index (χ1v) is 6.74. The zero-order chi connectivity index (χ0) is 13.8. The van der Waals surface area contributed by atoms with E-state index in [0.29, 0.717) is 29.7 Å². The molecule has 0 aliphatic carbocycles. The number of ether oxygens (including phenoxy) is 1. The van der Waals surface area contributed by atoms with Gasteiger partial charge in [0.25, 0.3) is 0 Å². The van der Waals surface area contributed by atoms with E-state index < -0.39 is 12.0 Å². The third-order valence-electron chi connectivity index (χ3n) is 3.05. The topological polar surface area (TPSA) is 75.6 Å². The molecule has 5 nitrogen and oxygen atoms in total. The predicted molar refractivity (Wildman–Crippen MR) is 71.6 cm³/mol. The van der Waals surface area contributed by atoms with Gasteiger partial charge >= 0.3 is 5.97 Å². The lowest BCUT2D eigenvalue weighted by Gasteiger charge is -2.18. The largest absolute Gasteiger partial charge is 0.479 e. The summed E-state index contributed by atoms with van der Waals surface area (Å²) in [5, 5.41) is 11.8. The molecule has 1 aliphatic heterocycles. The van der Waals surface area contributed by atoms with E-state index in [1.54, 1.807) is 24.3 Å². The second-order valence-corrected chi connectivity index (χ2v) is 5.22. The first kappa shape index (κ1) is 14.0. The number of carboxylic acids is 1. The maximum Gasteiger partial charge on any atom is 0.330 e. The molecule has 1 saturated heterocycles. The Morgan fingerprint density at radius 1 is 1.42 bits per heavy atom. The minimum absolute atomic E-state index is 0.260. The Labute approximate surface area is 119 Å². The quantitative estimate of drug-likeness (QED) is 0.883. The lowest BCUT2D eigenvalue weighted by Crippen LogP contribution is -2.38. The number of nitrogens with one attached hydrogen (secondary N) is 1. The Kier molecular flexibility index (Phi) is 4.55. The van der Waals surface area contributed by atoms with Crippen molar-refractivity contribution in [3.05, 3.63) is 34.3 Å². The van der Waals surface area contributed by atoms with Crippen LogP contribution in [0.4, 0.5) is 0 Å². The molecule has 6 heteroatoms. The molecule has 1 amide bonds.